The topological polar surface area (TPSA) is 64.6 Å². The van der Waals surface area contributed by atoms with Gasteiger partial charge >= 0.3 is 5.97 Å². The molecule has 0 radical (unpaired) electrons. The molecule has 0 fully saturated rings. The van der Waals surface area contributed by atoms with Gasteiger partial charge < -0.3 is 14.8 Å². The summed E-state index contributed by atoms with van der Waals surface area (Å²) >= 11 is 3.40. The molecule has 0 bridgehead atoms. The molecule has 0 aliphatic heterocycles. The highest BCUT2D eigenvalue weighted by Gasteiger charge is 2.09. The molecule has 2 aromatic rings. The number of ether oxygens (including phenoxy) is 2. The van der Waals surface area contributed by atoms with E-state index in [0.29, 0.717) is 12.3 Å². The normalized spacial score (nSPS) is 9.96. The fourth-order valence-electron chi connectivity index (χ4n) is 1.73. The van der Waals surface area contributed by atoms with Crippen LogP contribution in [-0.4, -0.2) is 25.1 Å². The Bertz CT molecular complexity index is 661. The van der Waals surface area contributed by atoms with Gasteiger partial charge in [0, 0.05) is 11.0 Å². The Morgan fingerprint density at radius 3 is 2.39 bits per heavy atom. The van der Waals surface area contributed by atoms with Crippen molar-refractivity contribution in [3.8, 4) is 5.75 Å². The van der Waals surface area contributed by atoms with E-state index in [1.807, 2.05) is 30.3 Å². The number of rotatable bonds is 7. The van der Waals surface area contributed by atoms with Crippen molar-refractivity contribution in [1.29, 1.82) is 0 Å². The summed E-state index contributed by atoms with van der Waals surface area (Å²) in [6, 6.07) is 16.5. The highest BCUT2D eigenvalue weighted by atomic mass is 79.9. The van der Waals surface area contributed by atoms with E-state index >= 15 is 0 Å². The van der Waals surface area contributed by atoms with Crippen LogP contribution in [0, 0.1) is 0 Å². The predicted octanol–water partition coefficient (Wildman–Crippen LogP) is 2.69. The number of halogens is 1. The maximum absolute atomic E-state index is 11.7. The van der Waals surface area contributed by atoms with Crippen LogP contribution in [0.3, 0.4) is 0 Å². The van der Waals surface area contributed by atoms with E-state index in [1.165, 1.54) is 0 Å². The average Bonchev–Trinajstić information content (AvgIpc) is 2.58. The molecule has 0 aliphatic carbocycles. The molecule has 1 amide bonds. The van der Waals surface area contributed by atoms with Crippen LogP contribution in [0.1, 0.15) is 5.56 Å². The summed E-state index contributed by atoms with van der Waals surface area (Å²) in [4.78, 5) is 23.2. The summed E-state index contributed by atoms with van der Waals surface area (Å²) in [6.07, 6.45) is 0. The lowest BCUT2D eigenvalue weighted by atomic mass is 10.2. The minimum absolute atomic E-state index is 0.235. The van der Waals surface area contributed by atoms with Gasteiger partial charge in [-0.2, -0.15) is 0 Å². The first-order valence-electron chi connectivity index (χ1n) is 6.99. The van der Waals surface area contributed by atoms with E-state index in [9.17, 15) is 9.59 Å². The SMILES string of the molecule is O=C(COC(=O)COc1ccccc1)NCc1ccccc1Br. The molecule has 120 valence electrons. The summed E-state index contributed by atoms with van der Waals surface area (Å²) in [5, 5.41) is 2.68. The number of hydrogen-bond donors (Lipinski definition) is 1. The van der Waals surface area contributed by atoms with Crippen LogP contribution in [0.25, 0.3) is 0 Å². The van der Waals surface area contributed by atoms with Gasteiger partial charge in [0.1, 0.15) is 5.75 Å². The van der Waals surface area contributed by atoms with Crippen molar-refractivity contribution in [3.63, 3.8) is 0 Å². The Labute approximate surface area is 142 Å². The van der Waals surface area contributed by atoms with Crippen LogP contribution in [0.2, 0.25) is 0 Å². The van der Waals surface area contributed by atoms with Crippen molar-refractivity contribution in [1.82, 2.24) is 5.32 Å². The van der Waals surface area contributed by atoms with Gasteiger partial charge in [-0.25, -0.2) is 4.79 Å². The zero-order chi connectivity index (χ0) is 16.5. The Hall–Kier alpha value is -2.34. The summed E-state index contributed by atoms with van der Waals surface area (Å²) < 4.78 is 11.0. The van der Waals surface area contributed by atoms with E-state index < -0.39 is 5.97 Å². The molecule has 0 saturated carbocycles. The molecular formula is C17H16BrNO4. The van der Waals surface area contributed by atoms with Crippen molar-refractivity contribution in [2.45, 2.75) is 6.54 Å². The van der Waals surface area contributed by atoms with Gasteiger partial charge in [-0.1, -0.05) is 52.3 Å². The third-order valence-electron chi connectivity index (χ3n) is 2.90. The molecule has 23 heavy (non-hydrogen) atoms. The number of amides is 1. The molecule has 0 aromatic heterocycles. The number of hydrogen-bond acceptors (Lipinski definition) is 4. The lowest BCUT2D eigenvalue weighted by Gasteiger charge is -2.08. The highest BCUT2D eigenvalue weighted by molar-refractivity contribution is 9.10. The molecule has 0 heterocycles. The Morgan fingerprint density at radius 1 is 0.957 bits per heavy atom. The van der Waals surface area contributed by atoms with Gasteiger partial charge in [0.15, 0.2) is 13.2 Å². The van der Waals surface area contributed by atoms with E-state index in [1.54, 1.807) is 24.3 Å². The first-order valence-corrected chi connectivity index (χ1v) is 7.78. The Morgan fingerprint density at radius 2 is 1.65 bits per heavy atom. The van der Waals surface area contributed by atoms with Crippen molar-refractivity contribution >= 4 is 27.8 Å². The van der Waals surface area contributed by atoms with Gasteiger partial charge in [0.05, 0.1) is 0 Å². The van der Waals surface area contributed by atoms with Crippen molar-refractivity contribution < 1.29 is 19.1 Å². The Kier molecular flexibility index (Phi) is 6.62. The molecule has 0 saturated heterocycles. The molecule has 2 rings (SSSR count). The zero-order valence-corrected chi connectivity index (χ0v) is 13.9. The van der Waals surface area contributed by atoms with Crippen molar-refractivity contribution in [2.24, 2.45) is 0 Å². The summed E-state index contributed by atoms with van der Waals surface area (Å²) in [6.45, 7) is -0.207. The quantitative estimate of drug-likeness (QED) is 0.753. The number of carbonyl (C=O) groups is 2. The standard InChI is InChI=1S/C17H16BrNO4/c18-15-9-5-4-6-13(15)10-19-16(20)11-23-17(21)12-22-14-7-2-1-3-8-14/h1-9H,10-12H2,(H,19,20). The number of benzene rings is 2. The maximum Gasteiger partial charge on any atom is 0.344 e. The molecule has 1 N–H and O–H groups in total. The van der Waals surface area contributed by atoms with Gasteiger partial charge in [0.2, 0.25) is 0 Å². The summed E-state index contributed by atoms with van der Waals surface area (Å²) in [7, 11) is 0. The Balaban J connectivity index is 1.66. The molecule has 5 nitrogen and oxygen atoms in total. The van der Waals surface area contributed by atoms with Gasteiger partial charge in [0.25, 0.3) is 5.91 Å². The first kappa shape index (κ1) is 17.0. The number of para-hydroxylation sites is 1. The maximum atomic E-state index is 11.7. The smallest absolute Gasteiger partial charge is 0.344 e. The molecule has 0 atom stereocenters. The lowest BCUT2D eigenvalue weighted by Crippen LogP contribution is -2.29. The summed E-state index contributed by atoms with van der Waals surface area (Å²) in [5.41, 5.74) is 0.944. The minimum atomic E-state index is -0.593. The monoisotopic (exact) mass is 377 g/mol. The van der Waals surface area contributed by atoms with Gasteiger partial charge in [-0.05, 0) is 23.8 Å². The fraction of sp³-hybridized carbons (Fsp3) is 0.176. The van der Waals surface area contributed by atoms with Crippen LogP contribution in [-0.2, 0) is 20.9 Å². The third kappa shape index (κ3) is 6.12. The summed E-state index contributed by atoms with van der Waals surface area (Å²) in [5.74, 6) is -0.387. The predicted molar refractivity (Wildman–Crippen MR) is 88.9 cm³/mol. The largest absolute Gasteiger partial charge is 0.482 e. The van der Waals surface area contributed by atoms with Crippen LogP contribution in [0.4, 0.5) is 0 Å². The van der Waals surface area contributed by atoms with Crippen molar-refractivity contribution in [3.05, 3.63) is 64.6 Å². The average molecular weight is 378 g/mol. The van der Waals surface area contributed by atoms with Crippen molar-refractivity contribution in [2.75, 3.05) is 13.2 Å². The second kappa shape index (κ2) is 8.95. The highest BCUT2D eigenvalue weighted by Crippen LogP contribution is 2.15. The zero-order valence-electron chi connectivity index (χ0n) is 12.3. The first-order chi connectivity index (χ1) is 11.1. The van der Waals surface area contributed by atoms with Crippen LogP contribution >= 0.6 is 15.9 Å². The third-order valence-corrected chi connectivity index (χ3v) is 3.67. The van der Waals surface area contributed by atoms with E-state index in [2.05, 4.69) is 21.2 Å². The second-order valence-corrected chi connectivity index (χ2v) is 5.48. The van der Waals surface area contributed by atoms with E-state index in [-0.39, 0.29) is 19.1 Å². The van der Waals surface area contributed by atoms with Crippen LogP contribution in [0.15, 0.2) is 59.1 Å². The van der Waals surface area contributed by atoms with Crippen LogP contribution < -0.4 is 10.1 Å². The van der Waals surface area contributed by atoms with Gasteiger partial charge in [-0.3, -0.25) is 4.79 Å². The fourth-order valence-corrected chi connectivity index (χ4v) is 2.16. The number of nitrogens with one attached hydrogen (secondary N) is 1. The molecule has 0 aliphatic rings. The molecular weight excluding hydrogens is 362 g/mol. The molecule has 2 aromatic carbocycles. The second-order valence-electron chi connectivity index (χ2n) is 4.63. The number of carbonyl (C=O) groups excluding carboxylic acids is 2. The van der Waals surface area contributed by atoms with E-state index in [0.717, 1.165) is 10.0 Å². The molecule has 0 unspecified atom stereocenters. The van der Waals surface area contributed by atoms with Crippen LogP contribution in [0.5, 0.6) is 5.75 Å². The van der Waals surface area contributed by atoms with Gasteiger partial charge in [-0.15, -0.1) is 0 Å². The minimum Gasteiger partial charge on any atom is -0.482 e. The molecule has 6 heteroatoms. The molecule has 0 spiro atoms. The number of esters is 1. The lowest BCUT2D eigenvalue weighted by molar-refractivity contribution is -0.150. The van der Waals surface area contributed by atoms with E-state index in [4.69, 9.17) is 9.47 Å².